The number of rotatable bonds is 2. The van der Waals surface area contributed by atoms with E-state index in [1.807, 2.05) is 4.90 Å². The molecule has 0 amide bonds. The van der Waals surface area contributed by atoms with Gasteiger partial charge in [-0.2, -0.15) is 18.2 Å². The third-order valence-electron chi connectivity index (χ3n) is 3.89. The number of hydrogen-bond donors (Lipinski definition) is 2. The summed E-state index contributed by atoms with van der Waals surface area (Å²) < 4.78 is 38.0. The third kappa shape index (κ3) is 7.29. The molecule has 1 aliphatic heterocycles. The van der Waals surface area contributed by atoms with E-state index >= 15 is 0 Å². The second-order valence-corrected chi connectivity index (χ2v) is 6.04. The minimum atomic E-state index is -4.38. The molecular formula is C16H24Cl2F3N5. The Morgan fingerprint density at radius 3 is 2.58 bits per heavy atom. The summed E-state index contributed by atoms with van der Waals surface area (Å²) in [5.41, 5.74) is 11.4. The van der Waals surface area contributed by atoms with Gasteiger partial charge in [0.2, 0.25) is 5.96 Å². The lowest BCUT2D eigenvalue weighted by atomic mass is 10.0. The van der Waals surface area contributed by atoms with Crippen LogP contribution in [-0.2, 0) is 12.7 Å². The number of likely N-dealkylation sites (tertiary alicyclic amines) is 1. The van der Waals surface area contributed by atoms with Gasteiger partial charge in [0.05, 0.1) is 12.1 Å². The van der Waals surface area contributed by atoms with Gasteiger partial charge in [-0.15, -0.1) is 24.8 Å². The van der Waals surface area contributed by atoms with Crippen LogP contribution in [0.5, 0.6) is 0 Å². The van der Waals surface area contributed by atoms with Crippen LogP contribution in [0.3, 0.4) is 0 Å². The van der Waals surface area contributed by atoms with Gasteiger partial charge in [-0.1, -0.05) is 19.1 Å². The van der Waals surface area contributed by atoms with Crippen LogP contribution in [0, 0.1) is 5.92 Å². The molecule has 10 heteroatoms. The summed E-state index contributed by atoms with van der Waals surface area (Å²) >= 11 is 0. The lowest BCUT2D eigenvalue weighted by Crippen LogP contribution is -2.44. The normalized spacial score (nSPS) is 18.8. The molecule has 5 nitrogen and oxygen atoms in total. The highest BCUT2D eigenvalue weighted by Gasteiger charge is 2.30. The Kier molecular flexibility index (Phi) is 9.80. The Labute approximate surface area is 163 Å². The molecule has 4 N–H and O–H groups in total. The zero-order valence-corrected chi connectivity index (χ0v) is 16.0. The van der Waals surface area contributed by atoms with Gasteiger partial charge in [0, 0.05) is 13.1 Å². The fourth-order valence-corrected chi connectivity index (χ4v) is 2.64. The van der Waals surface area contributed by atoms with Gasteiger partial charge in [0.25, 0.3) is 0 Å². The quantitative estimate of drug-likeness (QED) is 0.575. The molecule has 1 atom stereocenters. The maximum Gasteiger partial charge on any atom is 0.416 e. The molecule has 0 aliphatic carbocycles. The molecule has 1 aromatic rings. The molecule has 148 valence electrons. The number of nitrogens with zero attached hydrogens (tertiary/aromatic N) is 3. The molecule has 0 bridgehead atoms. The first-order chi connectivity index (χ1) is 11.3. The first-order valence-electron chi connectivity index (χ1n) is 7.81. The van der Waals surface area contributed by atoms with E-state index in [0.717, 1.165) is 38.1 Å². The third-order valence-corrected chi connectivity index (χ3v) is 3.89. The summed E-state index contributed by atoms with van der Waals surface area (Å²) in [5.74, 6) is 0.797. The fourth-order valence-electron chi connectivity index (χ4n) is 2.64. The number of halogens is 5. The van der Waals surface area contributed by atoms with E-state index in [-0.39, 0.29) is 37.3 Å². The second-order valence-electron chi connectivity index (χ2n) is 6.04. The van der Waals surface area contributed by atoms with E-state index in [1.54, 1.807) is 6.07 Å². The summed E-state index contributed by atoms with van der Waals surface area (Å²) in [6, 6.07) is 4.97. The van der Waals surface area contributed by atoms with Crippen molar-refractivity contribution in [2.45, 2.75) is 32.5 Å². The summed E-state index contributed by atoms with van der Waals surface area (Å²) in [5, 5.41) is 0. The van der Waals surface area contributed by atoms with Crippen LogP contribution in [0.15, 0.2) is 34.3 Å². The Morgan fingerprint density at radius 1 is 1.27 bits per heavy atom. The molecular weight excluding hydrogens is 390 g/mol. The highest BCUT2D eigenvalue weighted by Crippen LogP contribution is 2.29. The van der Waals surface area contributed by atoms with Crippen molar-refractivity contribution in [3.8, 4) is 0 Å². The maximum atomic E-state index is 12.7. The number of benzene rings is 1. The molecule has 26 heavy (non-hydrogen) atoms. The molecule has 2 rings (SSSR count). The van der Waals surface area contributed by atoms with Crippen molar-refractivity contribution in [3.05, 3.63) is 35.4 Å². The highest BCUT2D eigenvalue weighted by atomic mass is 35.5. The topological polar surface area (TPSA) is 80.0 Å². The summed E-state index contributed by atoms with van der Waals surface area (Å²) in [4.78, 5) is 10.00. The number of aliphatic imine (C=N–C) groups is 2. The van der Waals surface area contributed by atoms with Gasteiger partial charge in [0.1, 0.15) is 0 Å². The van der Waals surface area contributed by atoms with Crippen molar-refractivity contribution in [1.29, 1.82) is 0 Å². The first-order valence-corrected chi connectivity index (χ1v) is 7.81. The number of piperidine rings is 1. The van der Waals surface area contributed by atoms with E-state index < -0.39 is 11.7 Å². The van der Waals surface area contributed by atoms with Crippen LogP contribution < -0.4 is 11.5 Å². The van der Waals surface area contributed by atoms with E-state index in [2.05, 4.69) is 16.9 Å². The monoisotopic (exact) mass is 413 g/mol. The molecule has 1 aliphatic rings. The smallest absolute Gasteiger partial charge is 0.369 e. The Hall–Kier alpha value is -1.67. The van der Waals surface area contributed by atoms with E-state index in [0.29, 0.717) is 17.4 Å². The average Bonchev–Trinajstić information content (AvgIpc) is 2.52. The van der Waals surface area contributed by atoms with Crippen molar-refractivity contribution in [3.63, 3.8) is 0 Å². The van der Waals surface area contributed by atoms with Crippen LogP contribution in [0.1, 0.15) is 30.9 Å². The van der Waals surface area contributed by atoms with Crippen molar-refractivity contribution < 1.29 is 13.2 Å². The van der Waals surface area contributed by atoms with E-state index in [1.165, 1.54) is 6.07 Å². The highest BCUT2D eigenvalue weighted by molar-refractivity contribution is 5.93. The van der Waals surface area contributed by atoms with Gasteiger partial charge < -0.3 is 16.4 Å². The lowest BCUT2D eigenvalue weighted by Gasteiger charge is -2.31. The van der Waals surface area contributed by atoms with Crippen molar-refractivity contribution in [2.75, 3.05) is 13.1 Å². The molecule has 0 aromatic heterocycles. The molecule has 1 fully saturated rings. The largest absolute Gasteiger partial charge is 0.416 e. The van der Waals surface area contributed by atoms with Crippen LogP contribution in [0.4, 0.5) is 13.2 Å². The van der Waals surface area contributed by atoms with Gasteiger partial charge in [0.15, 0.2) is 5.96 Å². The van der Waals surface area contributed by atoms with E-state index in [9.17, 15) is 13.2 Å². The Bertz CT molecular complexity index is 635. The van der Waals surface area contributed by atoms with Crippen LogP contribution in [-0.4, -0.2) is 29.9 Å². The average molecular weight is 414 g/mol. The van der Waals surface area contributed by atoms with Crippen molar-refractivity contribution in [1.82, 2.24) is 4.90 Å². The summed E-state index contributed by atoms with van der Waals surface area (Å²) in [7, 11) is 0. The SMILES string of the molecule is CC1CCCN(/C(N)=N/C(N)=NCc2cccc(C(F)(F)F)c2)C1.Cl.Cl. The Balaban J connectivity index is 0.00000312. The lowest BCUT2D eigenvalue weighted by molar-refractivity contribution is -0.137. The number of nitrogens with two attached hydrogens (primary N) is 2. The molecule has 0 saturated carbocycles. The zero-order valence-electron chi connectivity index (χ0n) is 14.4. The molecule has 0 spiro atoms. The predicted molar refractivity (Wildman–Crippen MR) is 103 cm³/mol. The van der Waals surface area contributed by atoms with Gasteiger partial charge in [-0.3, -0.25) is 0 Å². The molecule has 1 unspecified atom stereocenters. The van der Waals surface area contributed by atoms with E-state index in [4.69, 9.17) is 11.5 Å². The van der Waals surface area contributed by atoms with Gasteiger partial charge in [-0.25, -0.2) is 4.99 Å². The Morgan fingerprint density at radius 2 is 1.96 bits per heavy atom. The maximum absolute atomic E-state index is 12.7. The van der Waals surface area contributed by atoms with Crippen molar-refractivity contribution >= 4 is 36.7 Å². The first kappa shape index (κ1) is 24.3. The van der Waals surface area contributed by atoms with Gasteiger partial charge in [-0.05, 0) is 36.5 Å². The van der Waals surface area contributed by atoms with Crippen molar-refractivity contribution in [2.24, 2.45) is 27.4 Å². The van der Waals surface area contributed by atoms with Crippen LogP contribution in [0.25, 0.3) is 0 Å². The standard InChI is InChI=1S/C16H22F3N5.2ClH/c1-11-4-3-7-24(10-11)15(21)23-14(20)22-9-12-5-2-6-13(8-12)16(17,18)19;;/h2,5-6,8,11H,3-4,7,9-10H2,1H3,(H4,20,21,22,23);2*1H. The van der Waals surface area contributed by atoms with Gasteiger partial charge >= 0.3 is 6.18 Å². The van der Waals surface area contributed by atoms with Crippen LogP contribution >= 0.6 is 24.8 Å². The van der Waals surface area contributed by atoms with Crippen LogP contribution in [0.2, 0.25) is 0 Å². The fraction of sp³-hybridized carbons (Fsp3) is 0.500. The summed E-state index contributed by atoms with van der Waals surface area (Å²) in [6.45, 7) is 3.80. The minimum Gasteiger partial charge on any atom is -0.369 e. The number of alkyl halides is 3. The predicted octanol–water partition coefficient (Wildman–Crippen LogP) is 3.41. The summed E-state index contributed by atoms with van der Waals surface area (Å²) in [6.07, 6.45) is -2.18. The number of hydrogen-bond acceptors (Lipinski definition) is 1. The second kappa shape index (κ2) is 10.5. The molecule has 1 aromatic carbocycles. The molecule has 1 heterocycles. The molecule has 1 saturated heterocycles. The zero-order chi connectivity index (χ0) is 17.7. The minimum absolute atomic E-state index is 0. The number of guanidine groups is 2. The molecule has 0 radical (unpaired) electrons.